The molecule has 2 aromatic rings. The predicted molar refractivity (Wildman–Crippen MR) is 96.2 cm³/mol. The fourth-order valence-corrected chi connectivity index (χ4v) is 2.78. The molecule has 1 aliphatic carbocycles. The number of carbonyl (C=O) groups excluding carboxylic acids is 1. The molecular formula is C18H28N4O2. The molecule has 0 aromatic carbocycles. The number of hydrogen-bond acceptors (Lipinski definition) is 4. The molecule has 1 aliphatic rings. The van der Waals surface area contributed by atoms with Crippen LogP contribution in [0.15, 0.2) is 12.1 Å². The Balaban J connectivity index is 0.00000208. The van der Waals surface area contributed by atoms with Crippen molar-refractivity contribution in [3.05, 3.63) is 17.8 Å². The largest absolute Gasteiger partial charge is 0.378 e. The summed E-state index contributed by atoms with van der Waals surface area (Å²) in [5.74, 6) is 0.504. The van der Waals surface area contributed by atoms with Crippen LogP contribution in [-0.2, 0) is 9.53 Å². The molecule has 2 heterocycles. The highest BCUT2D eigenvalue weighted by Crippen LogP contribution is 2.36. The number of nitrogens with one attached hydrogen (secondary N) is 1. The molecular weight excluding hydrogens is 304 g/mol. The number of aromatic nitrogens is 3. The Hall–Kier alpha value is -1.95. The summed E-state index contributed by atoms with van der Waals surface area (Å²) in [6.07, 6.45) is 3.70. The quantitative estimate of drug-likeness (QED) is 0.903. The van der Waals surface area contributed by atoms with Gasteiger partial charge in [-0.25, -0.2) is 9.97 Å². The summed E-state index contributed by atoms with van der Waals surface area (Å²) in [4.78, 5) is 21.5. The zero-order valence-corrected chi connectivity index (χ0v) is 14.2. The van der Waals surface area contributed by atoms with Gasteiger partial charge in [-0.05, 0) is 52.2 Å². The van der Waals surface area contributed by atoms with Gasteiger partial charge < -0.3 is 4.74 Å². The van der Waals surface area contributed by atoms with Gasteiger partial charge in [0, 0.05) is 18.8 Å². The van der Waals surface area contributed by atoms with Crippen molar-refractivity contribution in [3.8, 4) is 0 Å². The summed E-state index contributed by atoms with van der Waals surface area (Å²) >= 11 is 0. The third-order valence-corrected chi connectivity index (χ3v) is 4.51. The molecule has 1 N–H and O–H groups in total. The van der Waals surface area contributed by atoms with Crippen molar-refractivity contribution >= 4 is 23.0 Å². The highest BCUT2D eigenvalue weighted by molar-refractivity contribution is 5.91. The van der Waals surface area contributed by atoms with E-state index in [1.165, 1.54) is 6.42 Å². The van der Waals surface area contributed by atoms with Gasteiger partial charge in [-0.2, -0.15) is 0 Å². The van der Waals surface area contributed by atoms with Crippen molar-refractivity contribution < 1.29 is 9.53 Å². The van der Waals surface area contributed by atoms with Crippen LogP contribution in [-0.4, -0.2) is 33.2 Å². The maximum Gasteiger partial charge on any atom is 0.229 e. The first-order valence-electron chi connectivity index (χ1n) is 8.10. The van der Waals surface area contributed by atoms with E-state index in [2.05, 4.69) is 19.9 Å². The van der Waals surface area contributed by atoms with Crippen molar-refractivity contribution in [2.45, 2.75) is 65.5 Å². The second-order valence-corrected chi connectivity index (χ2v) is 6.87. The summed E-state index contributed by atoms with van der Waals surface area (Å²) in [5.41, 5.74) is 2.14. The number of nitrogens with zero attached hydrogens (tertiary/aromatic N) is 3. The Morgan fingerprint density at radius 2 is 2.08 bits per heavy atom. The fraction of sp³-hybridized carbons (Fsp3) is 0.611. The average molecular weight is 332 g/mol. The topological polar surface area (TPSA) is 69.0 Å². The molecule has 1 fully saturated rings. The number of imidazole rings is 1. The Kier molecular flexibility index (Phi) is 5.28. The highest BCUT2D eigenvalue weighted by atomic mass is 16.5. The Morgan fingerprint density at radius 1 is 1.38 bits per heavy atom. The van der Waals surface area contributed by atoms with Crippen molar-refractivity contribution in [1.82, 2.24) is 14.5 Å². The zero-order valence-electron chi connectivity index (χ0n) is 14.2. The van der Waals surface area contributed by atoms with Gasteiger partial charge in [0.05, 0.1) is 12.0 Å². The number of hydrogen-bond donors (Lipinski definition) is 1. The number of anilines is 1. The van der Waals surface area contributed by atoms with E-state index in [4.69, 9.17) is 4.74 Å². The first-order chi connectivity index (χ1) is 10.9. The standard InChI is InChI=1S/C17H24N4O2.CH4/c1-11-8-9-13-15(18-11)21(12-6-5-7-12)16(19-13)20-14(22)10-17(2,3)23-4;/h8-9,12H,5-7,10H2,1-4H3,(H,19,20,22);1H4. The third kappa shape index (κ3) is 3.59. The molecule has 0 bridgehead atoms. The van der Waals surface area contributed by atoms with Crippen molar-refractivity contribution in [3.63, 3.8) is 0 Å². The molecule has 1 amide bonds. The number of methoxy groups -OCH3 is 1. The number of fused-ring (bicyclic) bond motifs is 1. The Labute approximate surface area is 143 Å². The van der Waals surface area contributed by atoms with Gasteiger partial charge in [-0.3, -0.25) is 14.7 Å². The van der Waals surface area contributed by atoms with E-state index in [0.29, 0.717) is 12.0 Å². The molecule has 132 valence electrons. The average Bonchev–Trinajstić information content (AvgIpc) is 2.74. The molecule has 6 nitrogen and oxygen atoms in total. The molecule has 6 heteroatoms. The van der Waals surface area contributed by atoms with E-state index in [9.17, 15) is 4.79 Å². The minimum atomic E-state index is -0.494. The van der Waals surface area contributed by atoms with Gasteiger partial charge in [-0.15, -0.1) is 0 Å². The molecule has 3 rings (SSSR count). The highest BCUT2D eigenvalue weighted by Gasteiger charge is 2.27. The molecule has 0 saturated heterocycles. The van der Waals surface area contributed by atoms with Gasteiger partial charge in [0.1, 0.15) is 5.52 Å². The van der Waals surface area contributed by atoms with E-state index in [1.807, 2.05) is 32.9 Å². The Bertz CT molecular complexity index is 732. The first kappa shape index (κ1) is 18.4. The lowest BCUT2D eigenvalue weighted by Gasteiger charge is -2.29. The second-order valence-electron chi connectivity index (χ2n) is 6.87. The van der Waals surface area contributed by atoms with Crippen LogP contribution in [0.1, 0.15) is 58.7 Å². The number of pyridine rings is 1. The molecule has 24 heavy (non-hydrogen) atoms. The van der Waals surface area contributed by atoms with Crippen LogP contribution in [0.2, 0.25) is 0 Å². The molecule has 0 aliphatic heterocycles. The maximum absolute atomic E-state index is 12.3. The van der Waals surface area contributed by atoms with E-state index in [0.717, 1.165) is 29.7 Å². The summed E-state index contributed by atoms with van der Waals surface area (Å²) in [6, 6.07) is 4.28. The maximum atomic E-state index is 12.3. The lowest BCUT2D eigenvalue weighted by atomic mass is 9.93. The van der Waals surface area contributed by atoms with Crippen molar-refractivity contribution in [2.24, 2.45) is 0 Å². The van der Waals surface area contributed by atoms with Gasteiger partial charge in [0.25, 0.3) is 0 Å². The molecule has 0 unspecified atom stereocenters. The van der Waals surface area contributed by atoms with E-state index in [-0.39, 0.29) is 19.8 Å². The SMILES string of the molecule is C.COC(C)(C)CC(=O)Nc1nc2ccc(C)nc2n1C1CCC1. The van der Waals surface area contributed by atoms with E-state index < -0.39 is 5.60 Å². The molecule has 0 atom stereocenters. The molecule has 0 radical (unpaired) electrons. The smallest absolute Gasteiger partial charge is 0.229 e. The van der Waals surface area contributed by atoms with Gasteiger partial charge in [0.15, 0.2) is 5.65 Å². The Morgan fingerprint density at radius 3 is 2.67 bits per heavy atom. The number of carbonyl (C=O) groups is 1. The van der Waals surface area contributed by atoms with Crippen LogP contribution in [0.3, 0.4) is 0 Å². The van der Waals surface area contributed by atoms with Crippen molar-refractivity contribution in [2.75, 3.05) is 12.4 Å². The zero-order chi connectivity index (χ0) is 16.6. The summed E-state index contributed by atoms with van der Waals surface area (Å²) in [6.45, 7) is 5.76. The summed E-state index contributed by atoms with van der Waals surface area (Å²) < 4.78 is 7.42. The number of aryl methyl sites for hydroxylation is 1. The molecule has 1 saturated carbocycles. The third-order valence-electron chi connectivity index (χ3n) is 4.51. The van der Waals surface area contributed by atoms with Gasteiger partial charge in [0.2, 0.25) is 11.9 Å². The summed E-state index contributed by atoms with van der Waals surface area (Å²) in [7, 11) is 1.61. The minimum Gasteiger partial charge on any atom is -0.378 e. The predicted octanol–water partition coefficient (Wildman–Crippen LogP) is 3.85. The minimum absolute atomic E-state index is 0. The fourth-order valence-electron chi connectivity index (χ4n) is 2.78. The number of amides is 1. The molecule has 2 aromatic heterocycles. The number of rotatable bonds is 5. The lowest BCUT2D eigenvalue weighted by molar-refractivity contribution is -0.121. The van der Waals surface area contributed by atoms with Crippen molar-refractivity contribution in [1.29, 1.82) is 0 Å². The van der Waals surface area contributed by atoms with E-state index >= 15 is 0 Å². The van der Waals surface area contributed by atoms with Crippen LogP contribution in [0.5, 0.6) is 0 Å². The van der Waals surface area contributed by atoms with Crippen LogP contribution >= 0.6 is 0 Å². The van der Waals surface area contributed by atoms with Gasteiger partial charge >= 0.3 is 0 Å². The van der Waals surface area contributed by atoms with Crippen LogP contribution in [0.25, 0.3) is 11.2 Å². The van der Waals surface area contributed by atoms with Gasteiger partial charge in [-0.1, -0.05) is 7.43 Å². The lowest BCUT2D eigenvalue weighted by Crippen LogP contribution is -2.30. The monoisotopic (exact) mass is 332 g/mol. The second kappa shape index (κ2) is 6.89. The summed E-state index contributed by atoms with van der Waals surface area (Å²) in [5, 5.41) is 2.95. The van der Waals surface area contributed by atoms with E-state index in [1.54, 1.807) is 7.11 Å². The number of ether oxygens (including phenoxy) is 1. The first-order valence-corrected chi connectivity index (χ1v) is 8.10. The van der Waals surface area contributed by atoms with Crippen LogP contribution in [0.4, 0.5) is 5.95 Å². The van der Waals surface area contributed by atoms with Crippen LogP contribution in [0, 0.1) is 6.92 Å². The normalized spacial score (nSPS) is 15.0. The molecule has 0 spiro atoms. The van der Waals surface area contributed by atoms with Crippen LogP contribution < -0.4 is 5.32 Å².